The lowest BCUT2D eigenvalue weighted by Gasteiger charge is -2.38. The Balaban J connectivity index is 0.910. The Morgan fingerprint density at radius 1 is 0.304 bits per heavy atom. The van der Waals surface area contributed by atoms with Crippen LogP contribution in [-0.2, 0) is 16.2 Å². The van der Waals surface area contributed by atoms with Gasteiger partial charge in [0, 0.05) is 22.3 Å². The van der Waals surface area contributed by atoms with E-state index in [9.17, 15) is 103 Å². The van der Waals surface area contributed by atoms with Crippen LogP contribution in [0.3, 0.4) is 0 Å². The van der Waals surface area contributed by atoms with Crippen LogP contribution >= 0.6 is 0 Å². The molecule has 0 saturated heterocycles. The molecular formula is C67H43F18N6O11. The number of alkyl halides is 18. The third-order valence-electron chi connectivity index (χ3n) is 16.0. The topological polar surface area (TPSA) is 297 Å². The molecular weight excluding hydrogens is 1410 g/mol. The second-order valence-electron chi connectivity index (χ2n) is 22.2. The van der Waals surface area contributed by atoms with Crippen molar-refractivity contribution in [1.29, 1.82) is 0 Å². The van der Waals surface area contributed by atoms with E-state index in [0.29, 0.717) is 54.6 Å². The average Bonchev–Trinajstić information content (AvgIpc) is 0.726. The smallest absolute Gasteiger partial charge is 0.411 e. The first-order valence-corrected chi connectivity index (χ1v) is 28.4. The molecule has 9 aromatic rings. The van der Waals surface area contributed by atoms with Crippen LogP contribution in [0.4, 0.5) is 113 Å². The fraction of sp³-hybridized carbons (Fsp3) is 0.134. The van der Waals surface area contributed by atoms with Gasteiger partial charge in [-0.15, -0.1) is 0 Å². The van der Waals surface area contributed by atoms with Crippen LogP contribution in [-0.4, -0.2) is 91.3 Å². The van der Waals surface area contributed by atoms with E-state index in [1.54, 1.807) is 0 Å². The summed E-state index contributed by atoms with van der Waals surface area (Å²) in [5, 5.41) is 69.7. The van der Waals surface area contributed by atoms with E-state index in [0.717, 1.165) is 66.7 Å². The Morgan fingerprint density at radius 3 is 0.814 bits per heavy atom. The maximum absolute atomic E-state index is 15.6. The van der Waals surface area contributed by atoms with Crippen molar-refractivity contribution in [3.63, 3.8) is 0 Å². The van der Waals surface area contributed by atoms with Crippen molar-refractivity contribution in [2.75, 3.05) is 27.0 Å². The minimum Gasteiger partial charge on any atom is -0.506 e. The minimum atomic E-state index is -6.43. The second kappa shape index (κ2) is 26.5. The van der Waals surface area contributed by atoms with Gasteiger partial charge >= 0.3 is 37.1 Å². The Labute approximate surface area is 559 Å². The van der Waals surface area contributed by atoms with Gasteiger partial charge in [0.1, 0.15) is 46.0 Å². The molecule has 0 aromatic heterocycles. The normalized spacial score (nSPS) is 12.7. The first-order valence-electron chi connectivity index (χ1n) is 28.4. The number of anilines is 5. The lowest BCUT2D eigenvalue weighted by atomic mass is 9.72. The predicted octanol–water partition coefficient (Wildman–Crippen LogP) is 16.5. The number of ether oxygens (including phenoxy) is 1. The quantitative estimate of drug-likeness (QED) is 0.0245. The predicted molar refractivity (Wildman–Crippen MR) is 326 cm³/mol. The molecule has 35 heteroatoms. The Bertz CT molecular complexity index is 4710. The average molecular weight is 1450 g/mol. The van der Waals surface area contributed by atoms with E-state index in [1.807, 2.05) is 21.3 Å². The molecule has 13 N–H and O–H groups in total. The number of nitrogens with two attached hydrogens (primary N) is 1. The highest BCUT2D eigenvalue weighted by molar-refractivity contribution is 6.10. The van der Waals surface area contributed by atoms with Crippen molar-refractivity contribution in [3.8, 4) is 46.0 Å². The molecule has 0 fully saturated rings. The summed E-state index contributed by atoms with van der Waals surface area (Å²) >= 11 is 0. The number of aromatic hydroxyl groups is 6. The molecule has 0 unspecified atom stereocenters. The summed E-state index contributed by atoms with van der Waals surface area (Å²) in [6.07, 6.45) is -37.7. The zero-order valence-corrected chi connectivity index (χ0v) is 50.4. The van der Waals surface area contributed by atoms with Crippen LogP contribution in [0.15, 0.2) is 182 Å². The van der Waals surface area contributed by atoms with Crippen LogP contribution in [0.25, 0.3) is 0 Å². The van der Waals surface area contributed by atoms with Gasteiger partial charge in [-0.2, -0.15) is 79.0 Å². The van der Waals surface area contributed by atoms with Gasteiger partial charge in [0.25, 0.3) is 23.6 Å². The molecule has 0 atom stereocenters. The lowest BCUT2D eigenvalue weighted by molar-refractivity contribution is -0.290. The number of amides is 4. The molecule has 1 radical (unpaired) electrons. The highest BCUT2D eigenvalue weighted by atomic mass is 19.4. The van der Waals surface area contributed by atoms with Gasteiger partial charge in [0.05, 0.1) is 34.1 Å². The molecule has 102 heavy (non-hydrogen) atoms. The Kier molecular flexibility index (Phi) is 19.2. The van der Waals surface area contributed by atoms with Gasteiger partial charge in [-0.05, 0) is 173 Å². The summed E-state index contributed by atoms with van der Waals surface area (Å²) in [5.41, 5.74) is -19.8. The number of nitrogens with one attached hydrogen (secondary N) is 5. The largest absolute Gasteiger partial charge is 0.506 e. The lowest BCUT2D eigenvalue weighted by Crippen LogP contribution is -2.54. The minimum absolute atomic E-state index is 0.0556. The standard InChI is InChI=1S/C67H43F18N6O11/c68-62(69,70)59(63(71,72)73,35-8-18-49(92)43(86)25-35)37-10-20-51(94)45(27-37)88-55(98)31-4-14-41(15-5-31)102-42-16-6-32(7-17-42)56(99)89-46-29-39(12-22-52(46)95)61(66(80,81)82,67(83,84)85)40-13-23-54(97)48(30-40)91-58(101)34-3-1-2-33(24-34)57(100)90-47-28-38(11-21-53(47)96)60(64(74,75)76,65(77,78)79)36-9-19-50(93)44(87)26-36/h1-30,87,92-97H,86H2,(H,88,98)(H,89,99)(H,90,100)(H,91,101). The molecule has 4 amide bonds. The summed E-state index contributed by atoms with van der Waals surface area (Å²) in [7, 11) is 0. The van der Waals surface area contributed by atoms with E-state index in [2.05, 4.69) is 0 Å². The molecule has 0 heterocycles. The summed E-state index contributed by atoms with van der Waals surface area (Å²) in [6, 6.07) is 16.7. The summed E-state index contributed by atoms with van der Waals surface area (Å²) in [6.45, 7) is 0. The molecule has 0 bridgehead atoms. The van der Waals surface area contributed by atoms with Crippen LogP contribution in [0.1, 0.15) is 74.8 Å². The SMILES string of the molecule is [NH]c1cc(C(c2ccc(O)c(NC(=O)c3cccc(C(=O)Nc4cc(C(c5ccc(O)c(NC(=O)c6ccc(Oc7ccc(C(=O)Nc8cc(C(c9ccc(O)c(N)c9)(C(F)(F)F)C(F)(F)F)ccc8O)cc7)cc6)c5)(C(F)(F)F)C(F)(F)F)ccc4O)c3)c2)(C(F)(F)F)C(F)(F)F)ccc1O. The maximum atomic E-state index is 15.6. The summed E-state index contributed by atoms with van der Waals surface area (Å²) < 4.78 is 277. The number of hydrogen-bond donors (Lipinski definition) is 11. The molecule has 17 nitrogen and oxygen atoms in total. The zero-order chi connectivity index (χ0) is 75.4. The number of rotatable bonds is 16. The number of phenols is 6. The summed E-state index contributed by atoms with van der Waals surface area (Å²) in [5.74, 6) is -11.7. The second-order valence-corrected chi connectivity index (χ2v) is 22.2. The number of carbonyl (C=O) groups excluding carboxylic acids is 4. The van der Waals surface area contributed by atoms with Crippen LogP contribution < -0.4 is 37.5 Å². The molecule has 0 aliphatic heterocycles. The first kappa shape index (κ1) is 74.0. The van der Waals surface area contributed by atoms with E-state index in [4.69, 9.17) is 16.2 Å². The van der Waals surface area contributed by atoms with Gasteiger partial charge < -0.3 is 62.4 Å². The number of benzene rings is 9. The Hall–Kier alpha value is -12.2. The number of nitrogen functional groups attached to an aromatic ring is 1. The van der Waals surface area contributed by atoms with Gasteiger partial charge in [0.15, 0.2) is 0 Å². The van der Waals surface area contributed by atoms with Crippen molar-refractivity contribution in [2.45, 2.75) is 53.3 Å². The molecule has 0 saturated carbocycles. The monoisotopic (exact) mass is 1450 g/mol. The Morgan fingerprint density at radius 2 is 0.549 bits per heavy atom. The van der Waals surface area contributed by atoms with Gasteiger partial charge in [-0.25, -0.2) is 0 Å². The highest BCUT2D eigenvalue weighted by Crippen LogP contribution is 2.61. The number of carbonyl (C=O) groups is 4. The van der Waals surface area contributed by atoms with Crippen LogP contribution in [0.2, 0.25) is 0 Å². The van der Waals surface area contributed by atoms with Crippen molar-refractivity contribution < 1.29 is 134 Å². The molecule has 0 aliphatic rings. The third kappa shape index (κ3) is 13.4. The van der Waals surface area contributed by atoms with E-state index < -0.39 is 190 Å². The molecule has 0 aliphatic carbocycles. The highest BCUT2D eigenvalue weighted by Gasteiger charge is 2.75. The maximum Gasteiger partial charge on any atom is 0.411 e. The van der Waals surface area contributed by atoms with Crippen molar-refractivity contribution in [1.82, 2.24) is 5.73 Å². The molecule has 9 rings (SSSR count). The first-order chi connectivity index (χ1) is 47.3. The van der Waals surface area contributed by atoms with Crippen molar-refractivity contribution in [2.24, 2.45) is 0 Å². The van der Waals surface area contributed by atoms with Crippen molar-refractivity contribution >= 4 is 57.8 Å². The molecule has 0 spiro atoms. The van der Waals surface area contributed by atoms with E-state index in [1.165, 1.54) is 0 Å². The fourth-order valence-corrected chi connectivity index (χ4v) is 11.0. The third-order valence-corrected chi connectivity index (χ3v) is 16.0. The van der Waals surface area contributed by atoms with Crippen molar-refractivity contribution in [3.05, 3.63) is 238 Å². The van der Waals surface area contributed by atoms with Gasteiger partial charge in [-0.3, -0.25) is 24.9 Å². The van der Waals surface area contributed by atoms with Gasteiger partial charge in [-0.1, -0.05) is 42.5 Å². The summed E-state index contributed by atoms with van der Waals surface area (Å²) in [4.78, 5) is 54.0. The van der Waals surface area contributed by atoms with Gasteiger partial charge in [0.2, 0.25) is 16.2 Å². The number of halogens is 18. The number of phenolic OH excluding ortho intramolecular Hbond substituents is 6. The van der Waals surface area contributed by atoms with Crippen LogP contribution in [0, 0.1) is 0 Å². The molecule has 9 aromatic carbocycles. The van der Waals surface area contributed by atoms with E-state index >= 15 is 26.3 Å². The zero-order valence-electron chi connectivity index (χ0n) is 50.4. The van der Waals surface area contributed by atoms with E-state index in [-0.39, 0.29) is 83.3 Å². The number of hydrogen-bond acceptors (Lipinski definition) is 12. The molecule has 533 valence electrons. The van der Waals surface area contributed by atoms with Crippen LogP contribution in [0.5, 0.6) is 46.0 Å². The fourth-order valence-electron chi connectivity index (χ4n) is 11.0.